The Labute approximate surface area is 99.9 Å². The Hall–Kier alpha value is -1.48. The van der Waals surface area contributed by atoms with E-state index in [9.17, 15) is 0 Å². The van der Waals surface area contributed by atoms with Gasteiger partial charge in [0.2, 0.25) is 5.69 Å². The van der Waals surface area contributed by atoms with E-state index in [1.165, 1.54) is 4.90 Å². The summed E-state index contributed by atoms with van der Waals surface area (Å²) in [5.41, 5.74) is 1.13. The molecule has 0 unspecified atom stereocenters. The Morgan fingerprint density at radius 1 is 1.00 bits per heavy atom. The van der Waals surface area contributed by atoms with Crippen LogP contribution in [-0.2, 0) is 0 Å². The number of benzene rings is 1. The third-order valence-electron chi connectivity index (χ3n) is 2.41. The first-order valence-electron chi connectivity index (χ1n) is 5.03. The molecule has 0 aliphatic heterocycles. The number of ether oxygens (including phenoxy) is 1. The predicted molar refractivity (Wildman–Crippen MR) is 66.3 cm³/mol. The zero-order valence-corrected chi connectivity index (χ0v) is 10.2. The molecule has 0 atom stereocenters. The van der Waals surface area contributed by atoms with Crippen LogP contribution in [0.3, 0.4) is 0 Å². The van der Waals surface area contributed by atoms with Crippen molar-refractivity contribution < 1.29 is 9.30 Å². The van der Waals surface area contributed by atoms with Gasteiger partial charge in [0.25, 0.3) is 0 Å². The molecule has 0 fully saturated rings. The molecule has 0 spiro atoms. The first-order chi connectivity index (χ1) is 7.83. The molecule has 2 nitrogen and oxygen atoms in total. The maximum atomic E-state index is 5.13. The molecule has 2 aromatic rings. The standard InChI is InChI=1S/C13H14NOS/c1-15-12-5-3-11(4-6-12)14-9-7-13(16-2)8-10-14/h3-10H,1-2H3/q+1. The largest absolute Gasteiger partial charge is 0.497 e. The quantitative estimate of drug-likeness (QED) is 0.596. The van der Waals surface area contributed by atoms with Gasteiger partial charge in [0.1, 0.15) is 5.75 Å². The van der Waals surface area contributed by atoms with E-state index in [4.69, 9.17) is 4.74 Å². The third-order valence-corrected chi connectivity index (χ3v) is 3.15. The summed E-state index contributed by atoms with van der Waals surface area (Å²) in [5, 5.41) is 0. The molecule has 1 aromatic carbocycles. The van der Waals surface area contributed by atoms with E-state index in [-0.39, 0.29) is 0 Å². The molecular weight excluding hydrogens is 218 g/mol. The van der Waals surface area contributed by atoms with Crippen molar-refractivity contribution in [3.05, 3.63) is 48.8 Å². The maximum absolute atomic E-state index is 5.13. The van der Waals surface area contributed by atoms with Crippen molar-refractivity contribution in [3.8, 4) is 11.4 Å². The SMILES string of the molecule is COc1ccc(-[n+]2ccc(SC)cc2)cc1. The van der Waals surface area contributed by atoms with Crippen LogP contribution < -0.4 is 9.30 Å². The molecule has 0 radical (unpaired) electrons. The van der Waals surface area contributed by atoms with Gasteiger partial charge in [0.05, 0.1) is 7.11 Å². The number of nitrogens with zero attached hydrogens (tertiary/aromatic N) is 1. The summed E-state index contributed by atoms with van der Waals surface area (Å²) in [6, 6.07) is 12.2. The van der Waals surface area contributed by atoms with Crippen molar-refractivity contribution in [1.29, 1.82) is 0 Å². The second-order valence-corrected chi connectivity index (χ2v) is 4.22. The zero-order chi connectivity index (χ0) is 11.4. The second kappa shape index (κ2) is 5.03. The van der Waals surface area contributed by atoms with E-state index >= 15 is 0 Å². The lowest BCUT2D eigenvalue weighted by Gasteiger charge is -1.99. The summed E-state index contributed by atoms with van der Waals surface area (Å²) in [6.07, 6.45) is 6.20. The van der Waals surface area contributed by atoms with E-state index in [2.05, 4.69) is 35.3 Å². The molecule has 0 amide bonds. The zero-order valence-electron chi connectivity index (χ0n) is 9.38. The van der Waals surface area contributed by atoms with Gasteiger partial charge in [-0.05, 0) is 18.4 Å². The minimum Gasteiger partial charge on any atom is -0.497 e. The van der Waals surface area contributed by atoms with Crippen LogP contribution in [-0.4, -0.2) is 13.4 Å². The van der Waals surface area contributed by atoms with Crippen LogP contribution >= 0.6 is 11.8 Å². The Balaban J connectivity index is 2.28. The van der Waals surface area contributed by atoms with Crippen molar-refractivity contribution in [2.45, 2.75) is 4.90 Å². The molecule has 16 heavy (non-hydrogen) atoms. The van der Waals surface area contributed by atoms with E-state index in [1.807, 2.05) is 24.3 Å². The minimum absolute atomic E-state index is 0.880. The highest BCUT2D eigenvalue weighted by Crippen LogP contribution is 2.13. The molecule has 0 bridgehead atoms. The Morgan fingerprint density at radius 3 is 2.12 bits per heavy atom. The molecule has 0 saturated heterocycles. The molecule has 0 N–H and O–H groups in total. The van der Waals surface area contributed by atoms with Gasteiger partial charge >= 0.3 is 0 Å². The van der Waals surface area contributed by atoms with Gasteiger partial charge < -0.3 is 4.74 Å². The summed E-state index contributed by atoms with van der Waals surface area (Å²) in [7, 11) is 1.68. The fraction of sp³-hybridized carbons (Fsp3) is 0.154. The van der Waals surface area contributed by atoms with Gasteiger partial charge in [-0.15, -0.1) is 11.8 Å². The van der Waals surface area contributed by atoms with Crippen molar-refractivity contribution in [3.63, 3.8) is 0 Å². The molecule has 2 rings (SSSR count). The monoisotopic (exact) mass is 232 g/mol. The minimum atomic E-state index is 0.880. The molecule has 0 aliphatic carbocycles. The third kappa shape index (κ3) is 2.36. The first kappa shape index (κ1) is 11.0. The number of methoxy groups -OCH3 is 1. The van der Waals surface area contributed by atoms with Crippen molar-refractivity contribution >= 4 is 11.8 Å². The van der Waals surface area contributed by atoms with E-state index in [0.29, 0.717) is 0 Å². The fourth-order valence-corrected chi connectivity index (χ4v) is 1.87. The highest BCUT2D eigenvalue weighted by Gasteiger charge is 2.04. The Kier molecular flexibility index (Phi) is 3.47. The predicted octanol–water partition coefficient (Wildman–Crippen LogP) is 2.69. The van der Waals surface area contributed by atoms with Gasteiger partial charge in [-0.1, -0.05) is 0 Å². The highest BCUT2D eigenvalue weighted by atomic mass is 32.2. The highest BCUT2D eigenvalue weighted by molar-refractivity contribution is 7.98. The number of thioether (sulfide) groups is 1. The number of aromatic nitrogens is 1. The van der Waals surface area contributed by atoms with Crippen molar-refractivity contribution in [2.75, 3.05) is 13.4 Å². The summed E-state index contributed by atoms with van der Waals surface area (Å²) in [6.45, 7) is 0. The summed E-state index contributed by atoms with van der Waals surface area (Å²) < 4.78 is 7.21. The lowest BCUT2D eigenvalue weighted by Crippen LogP contribution is -2.28. The van der Waals surface area contributed by atoms with Gasteiger partial charge in [-0.2, -0.15) is 4.57 Å². The number of pyridine rings is 1. The van der Waals surface area contributed by atoms with E-state index in [1.54, 1.807) is 18.9 Å². The lowest BCUT2D eigenvalue weighted by atomic mass is 10.3. The summed E-state index contributed by atoms with van der Waals surface area (Å²) >= 11 is 1.75. The van der Waals surface area contributed by atoms with E-state index < -0.39 is 0 Å². The summed E-state index contributed by atoms with van der Waals surface area (Å²) in [5.74, 6) is 0.880. The molecule has 0 saturated carbocycles. The van der Waals surface area contributed by atoms with Crippen LogP contribution in [0.15, 0.2) is 53.7 Å². The molecular formula is C13H14NOS+. The van der Waals surface area contributed by atoms with Crippen molar-refractivity contribution in [1.82, 2.24) is 0 Å². The summed E-state index contributed by atoms with van der Waals surface area (Å²) in [4.78, 5) is 1.27. The van der Waals surface area contributed by atoms with Crippen LogP contribution in [0.5, 0.6) is 5.75 Å². The number of rotatable bonds is 3. The second-order valence-electron chi connectivity index (χ2n) is 3.34. The van der Waals surface area contributed by atoms with Gasteiger partial charge in [-0.25, -0.2) is 0 Å². The molecule has 3 heteroatoms. The lowest BCUT2D eigenvalue weighted by molar-refractivity contribution is -0.596. The smallest absolute Gasteiger partial charge is 0.210 e. The number of hydrogen-bond donors (Lipinski definition) is 0. The van der Waals surface area contributed by atoms with Crippen LogP contribution in [0.25, 0.3) is 5.69 Å². The van der Waals surface area contributed by atoms with Crippen LogP contribution in [0, 0.1) is 0 Å². The van der Waals surface area contributed by atoms with Gasteiger partial charge in [0, 0.05) is 29.2 Å². The van der Waals surface area contributed by atoms with Crippen molar-refractivity contribution in [2.24, 2.45) is 0 Å². The average molecular weight is 232 g/mol. The molecule has 82 valence electrons. The normalized spacial score (nSPS) is 10.1. The molecule has 1 heterocycles. The van der Waals surface area contributed by atoms with Gasteiger partial charge in [-0.3, -0.25) is 0 Å². The Morgan fingerprint density at radius 2 is 1.62 bits per heavy atom. The topological polar surface area (TPSA) is 13.1 Å². The van der Waals surface area contributed by atoms with Crippen LogP contribution in [0.2, 0.25) is 0 Å². The van der Waals surface area contributed by atoms with Gasteiger partial charge in [0.15, 0.2) is 12.4 Å². The molecule has 0 aliphatic rings. The Bertz CT molecular complexity index is 405. The maximum Gasteiger partial charge on any atom is 0.210 e. The fourth-order valence-electron chi connectivity index (χ4n) is 1.48. The van der Waals surface area contributed by atoms with Crippen LogP contribution in [0.4, 0.5) is 0 Å². The first-order valence-corrected chi connectivity index (χ1v) is 6.25. The average Bonchev–Trinajstić information content (AvgIpc) is 2.39. The van der Waals surface area contributed by atoms with E-state index in [0.717, 1.165) is 11.4 Å². The molecule has 1 aromatic heterocycles. The number of hydrogen-bond acceptors (Lipinski definition) is 2. The van der Waals surface area contributed by atoms with Crippen LogP contribution in [0.1, 0.15) is 0 Å².